The predicted octanol–water partition coefficient (Wildman–Crippen LogP) is 2.70. The Kier molecular flexibility index (Phi) is 3.48. The van der Waals surface area contributed by atoms with Gasteiger partial charge in [-0.15, -0.1) is 0 Å². The number of para-hydroxylation sites is 1. The van der Waals surface area contributed by atoms with Gasteiger partial charge in [-0.25, -0.2) is 0 Å². The van der Waals surface area contributed by atoms with Gasteiger partial charge in [0.25, 0.3) is 0 Å². The lowest BCUT2D eigenvalue weighted by atomic mass is 10.0. The first-order valence-electron chi connectivity index (χ1n) is 6.23. The van der Waals surface area contributed by atoms with Crippen LogP contribution >= 0.6 is 0 Å². The molecule has 1 aliphatic heterocycles. The number of carbonyl (C=O) groups is 1. The van der Waals surface area contributed by atoms with Gasteiger partial charge in [-0.3, -0.25) is 10.1 Å². The molecule has 1 heterocycles. The molecule has 3 heteroatoms. The fraction of sp³-hybridized carbons (Fsp3) is 0.500. The van der Waals surface area contributed by atoms with Gasteiger partial charge in [0.15, 0.2) is 0 Å². The molecular formula is C14H20N2O. The van der Waals surface area contributed by atoms with Crippen LogP contribution in [0.3, 0.4) is 0 Å². The molecule has 1 aliphatic rings. The van der Waals surface area contributed by atoms with Crippen LogP contribution in [-0.4, -0.2) is 11.9 Å². The van der Waals surface area contributed by atoms with Gasteiger partial charge in [-0.2, -0.15) is 0 Å². The van der Waals surface area contributed by atoms with Gasteiger partial charge < -0.3 is 5.32 Å². The topological polar surface area (TPSA) is 41.1 Å². The van der Waals surface area contributed by atoms with Gasteiger partial charge in [0.2, 0.25) is 5.91 Å². The normalized spacial score (nSPS) is 20.2. The van der Waals surface area contributed by atoms with Crippen molar-refractivity contribution in [2.75, 3.05) is 5.32 Å². The van der Waals surface area contributed by atoms with Crippen LogP contribution < -0.4 is 10.6 Å². The number of hydrogen-bond acceptors (Lipinski definition) is 2. The minimum Gasteiger partial charge on any atom is -0.324 e. The standard InChI is InChI=1S/C14H20N2O/c1-9(2)8-10(3)15-13-11-6-4-5-7-12(11)16-14(13)17/h4-7,9-10,13,15H,8H2,1-3H3,(H,16,17). The van der Waals surface area contributed by atoms with Crippen molar-refractivity contribution in [2.45, 2.75) is 39.3 Å². The van der Waals surface area contributed by atoms with E-state index in [0.717, 1.165) is 17.7 Å². The van der Waals surface area contributed by atoms with Gasteiger partial charge >= 0.3 is 0 Å². The third-order valence-electron chi connectivity index (χ3n) is 3.07. The molecule has 3 nitrogen and oxygen atoms in total. The van der Waals surface area contributed by atoms with Crippen LogP contribution in [0.1, 0.15) is 38.8 Å². The molecular weight excluding hydrogens is 212 g/mol. The monoisotopic (exact) mass is 232 g/mol. The van der Waals surface area contributed by atoms with E-state index in [-0.39, 0.29) is 11.9 Å². The molecule has 92 valence electrons. The smallest absolute Gasteiger partial charge is 0.246 e. The van der Waals surface area contributed by atoms with Gasteiger partial charge in [0, 0.05) is 17.3 Å². The number of nitrogens with one attached hydrogen (secondary N) is 2. The van der Waals surface area contributed by atoms with E-state index < -0.39 is 0 Å². The van der Waals surface area contributed by atoms with Crippen molar-refractivity contribution < 1.29 is 4.79 Å². The van der Waals surface area contributed by atoms with Crippen molar-refractivity contribution in [2.24, 2.45) is 5.92 Å². The summed E-state index contributed by atoms with van der Waals surface area (Å²) < 4.78 is 0. The molecule has 0 spiro atoms. The first-order valence-corrected chi connectivity index (χ1v) is 6.23. The van der Waals surface area contributed by atoms with E-state index in [1.165, 1.54) is 0 Å². The average molecular weight is 232 g/mol. The van der Waals surface area contributed by atoms with Crippen LogP contribution in [0.2, 0.25) is 0 Å². The van der Waals surface area contributed by atoms with E-state index in [1.54, 1.807) is 0 Å². The molecule has 2 unspecified atom stereocenters. The van der Waals surface area contributed by atoms with Crippen LogP contribution in [0.15, 0.2) is 24.3 Å². The number of amides is 1. The Labute approximate surface area is 103 Å². The molecule has 0 radical (unpaired) electrons. The minimum atomic E-state index is -0.194. The van der Waals surface area contributed by atoms with E-state index >= 15 is 0 Å². The van der Waals surface area contributed by atoms with Gasteiger partial charge in [0.1, 0.15) is 6.04 Å². The molecule has 2 atom stereocenters. The average Bonchev–Trinajstić information content (AvgIpc) is 2.55. The van der Waals surface area contributed by atoms with Crippen molar-refractivity contribution in [3.05, 3.63) is 29.8 Å². The second-order valence-corrected chi connectivity index (χ2v) is 5.21. The lowest BCUT2D eigenvalue weighted by molar-refractivity contribution is -0.117. The highest BCUT2D eigenvalue weighted by atomic mass is 16.2. The van der Waals surface area contributed by atoms with Gasteiger partial charge in [0.05, 0.1) is 0 Å². The number of hydrogen-bond donors (Lipinski definition) is 2. The Balaban J connectivity index is 2.09. The first-order chi connectivity index (χ1) is 8.08. The highest BCUT2D eigenvalue weighted by Gasteiger charge is 2.30. The summed E-state index contributed by atoms with van der Waals surface area (Å²) in [5.41, 5.74) is 2.00. The summed E-state index contributed by atoms with van der Waals surface area (Å²) >= 11 is 0. The SMILES string of the molecule is CC(C)CC(C)NC1C(=O)Nc2ccccc21. The van der Waals surface area contributed by atoms with E-state index in [9.17, 15) is 4.79 Å². The zero-order chi connectivity index (χ0) is 12.4. The van der Waals surface area contributed by atoms with E-state index in [4.69, 9.17) is 0 Å². The summed E-state index contributed by atoms with van der Waals surface area (Å²) in [6.07, 6.45) is 1.08. The molecule has 1 amide bonds. The number of anilines is 1. The fourth-order valence-corrected chi connectivity index (χ4v) is 2.43. The molecule has 2 rings (SSSR count). The first kappa shape index (κ1) is 12.1. The second kappa shape index (κ2) is 4.88. The van der Waals surface area contributed by atoms with Crippen molar-refractivity contribution in [1.82, 2.24) is 5.32 Å². The summed E-state index contributed by atoms with van der Waals surface area (Å²) in [5, 5.41) is 6.31. The Morgan fingerprint density at radius 1 is 1.29 bits per heavy atom. The van der Waals surface area contributed by atoms with Gasteiger partial charge in [-0.05, 0) is 25.3 Å². The third-order valence-corrected chi connectivity index (χ3v) is 3.07. The quantitative estimate of drug-likeness (QED) is 0.838. The predicted molar refractivity (Wildman–Crippen MR) is 69.9 cm³/mol. The number of fused-ring (bicyclic) bond motifs is 1. The maximum atomic E-state index is 11.9. The Hall–Kier alpha value is -1.35. The maximum absolute atomic E-state index is 11.9. The van der Waals surface area contributed by atoms with Crippen LogP contribution in [0, 0.1) is 5.92 Å². The van der Waals surface area contributed by atoms with Crippen LogP contribution in [-0.2, 0) is 4.79 Å². The maximum Gasteiger partial charge on any atom is 0.246 e. The zero-order valence-electron chi connectivity index (χ0n) is 10.7. The fourth-order valence-electron chi connectivity index (χ4n) is 2.43. The van der Waals surface area contributed by atoms with Crippen molar-refractivity contribution in [1.29, 1.82) is 0 Å². The molecule has 2 N–H and O–H groups in total. The molecule has 0 fully saturated rings. The Bertz CT molecular complexity index is 414. The molecule has 0 aliphatic carbocycles. The Morgan fingerprint density at radius 3 is 2.71 bits per heavy atom. The largest absolute Gasteiger partial charge is 0.324 e. The van der Waals surface area contributed by atoms with Crippen LogP contribution in [0.5, 0.6) is 0 Å². The van der Waals surface area contributed by atoms with Crippen molar-refractivity contribution in [3.63, 3.8) is 0 Å². The van der Waals surface area contributed by atoms with E-state index in [1.807, 2.05) is 24.3 Å². The summed E-state index contributed by atoms with van der Waals surface area (Å²) in [7, 11) is 0. The third kappa shape index (κ3) is 2.67. The molecule has 1 aromatic carbocycles. The second-order valence-electron chi connectivity index (χ2n) is 5.21. The lowest BCUT2D eigenvalue weighted by Gasteiger charge is -2.20. The molecule has 0 saturated heterocycles. The lowest BCUT2D eigenvalue weighted by Crippen LogP contribution is -2.35. The molecule has 0 bridgehead atoms. The minimum absolute atomic E-state index is 0.0572. The van der Waals surface area contributed by atoms with Gasteiger partial charge in [-0.1, -0.05) is 32.0 Å². The van der Waals surface area contributed by atoms with Crippen molar-refractivity contribution in [3.8, 4) is 0 Å². The summed E-state index contributed by atoms with van der Waals surface area (Å²) in [6.45, 7) is 6.52. The molecule has 17 heavy (non-hydrogen) atoms. The highest BCUT2D eigenvalue weighted by Crippen LogP contribution is 2.30. The van der Waals surface area contributed by atoms with Crippen molar-refractivity contribution >= 4 is 11.6 Å². The molecule has 0 aromatic heterocycles. The number of rotatable bonds is 4. The van der Waals surface area contributed by atoms with E-state index in [0.29, 0.717) is 12.0 Å². The summed E-state index contributed by atoms with van der Waals surface area (Å²) in [4.78, 5) is 11.9. The molecule has 1 aromatic rings. The van der Waals surface area contributed by atoms with E-state index in [2.05, 4.69) is 31.4 Å². The highest BCUT2D eigenvalue weighted by molar-refractivity contribution is 6.02. The van der Waals surface area contributed by atoms with Crippen LogP contribution in [0.25, 0.3) is 0 Å². The summed E-state index contributed by atoms with van der Waals surface area (Å²) in [5.74, 6) is 0.694. The number of carbonyl (C=O) groups excluding carboxylic acids is 1. The summed E-state index contributed by atoms with van der Waals surface area (Å²) in [6, 6.07) is 8.02. The zero-order valence-corrected chi connectivity index (χ0v) is 10.7. The Morgan fingerprint density at radius 2 is 2.00 bits per heavy atom. The molecule has 0 saturated carbocycles. The van der Waals surface area contributed by atoms with Crippen LogP contribution in [0.4, 0.5) is 5.69 Å². The number of benzene rings is 1.